The molecule has 0 spiro atoms. The number of aryl methyl sites for hydroxylation is 2. The zero-order valence-electron chi connectivity index (χ0n) is 21.4. The number of anilines is 1. The Hall–Kier alpha value is -5.31. The number of para-hydroxylation sites is 1. The van der Waals surface area contributed by atoms with E-state index in [1.165, 1.54) is 6.33 Å². The fourth-order valence-electron chi connectivity index (χ4n) is 5.37. The van der Waals surface area contributed by atoms with Crippen LogP contribution in [0.2, 0.25) is 0 Å². The van der Waals surface area contributed by atoms with Gasteiger partial charge in [0.2, 0.25) is 0 Å². The third kappa shape index (κ3) is 3.51. The monoisotopic (exact) mass is 512 g/mol. The van der Waals surface area contributed by atoms with Crippen LogP contribution in [0.5, 0.6) is 0 Å². The quantitative estimate of drug-likeness (QED) is 0.345. The van der Waals surface area contributed by atoms with Crippen molar-refractivity contribution in [2.75, 3.05) is 5.73 Å². The topological polar surface area (TPSA) is 120 Å². The number of rotatable bonds is 4. The molecule has 0 radical (unpaired) electrons. The Labute approximate surface area is 222 Å². The van der Waals surface area contributed by atoms with Gasteiger partial charge in [-0.3, -0.25) is 9.36 Å². The predicted molar refractivity (Wildman–Crippen MR) is 153 cm³/mol. The first-order valence-electron chi connectivity index (χ1n) is 12.6. The van der Waals surface area contributed by atoms with Crippen molar-refractivity contribution >= 4 is 38.7 Å². The highest BCUT2D eigenvalue weighted by molar-refractivity contribution is 6.05. The highest BCUT2D eigenvalue weighted by Gasteiger charge is 2.22. The Balaban J connectivity index is 1.51. The molecule has 0 fully saturated rings. The van der Waals surface area contributed by atoms with Gasteiger partial charge in [-0.2, -0.15) is 5.10 Å². The third-order valence-electron chi connectivity index (χ3n) is 7.23. The zero-order chi connectivity index (χ0) is 26.7. The second-order valence-corrected chi connectivity index (χ2v) is 9.63. The normalized spacial score (nSPS) is 11.6. The molecule has 39 heavy (non-hydrogen) atoms. The molecule has 0 amide bonds. The first-order valence-corrected chi connectivity index (χ1v) is 12.6. The zero-order valence-corrected chi connectivity index (χ0v) is 21.4. The van der Waals surface area contributed by atoms with Crippen LogP contribution in [0.25, 0.3) is 49.8 Å². The van der Waals surface area contributed by atoms with E-state index in [9.17, 15) is 4.79 Å². The summed E-state index contributed by atoms with van der Waals surface area (Å²) in [5, 5.41) is 7.27. The van der Waals surface area contributed by atoms with Gasteiger partial charge in [0.1, 0.15) is 30.2 Å². The summed E-state index contributed by atoms with van der Waals surface area (Å²) in [6, 6.07) is 21.5. The van der Waals surface area contributed by atoms with E-state index in [2.05, 4.69) is 15.0 Å². The van der Waals surface area contributed by atoms with Crippen molar-refractivity contribution in [3.63, 3.8) is 0 Å². The molecule has 190 valence electrons. The van der Waals surface area contributed by atoms with Gasteiger partial charge in [0.25, 0.3) is 5.56 Å². The molecule has 0 aliphatic carbocycles. The van der Waals surface area contributed by atoms with E-state index >= 15 is 0 Å². The fraction of sp³-hybridized carbons (Fsp3) is 0.100. The number of fused-ring (bicyclic) bond motifs is 3. The van der Waals surface area contributed by atoms with E-state index in [1.54, 1.807) is 9.25 Å². The molecule has 0 unspecified atom stereocenters. The van der Waals surface area contributed by atoms with Gasteiger partial charge < -0.3 is 10.7 Å². The lowest BCUT2D eigenvalue weighted by Crippen LogP contribution is -2.26. The van der Waals surface area contributed by atoms with Crippen LogP contribution in [0.4, 0.5) is 5.82 Å². The molecule has 4 heterocycles. The number of H-pyrrole nitrogens is 1. The van der Waals surface area contributed by atoms with E-state index < -0.39 is 0 Å². The van der Waals surface area contributed by atoms with Gasteiger partial charge >= 0.3 is 0 Å². The minimum Gasteiger partial charge on any atom is -0.383 e. The molecule has 0 aliphatic rings. The van der Waals surface area contributed by atoms with Crippen LogP contribution in [0.1, 0.15) is 17.0 Å². The van der Waals surface area contributed by atoms with Crippen molar-refractivity contribution in [2.24, 2.45) is 0 Å². The molecule has 0 saturated carbocycles. The minimum absolute atomic E-state index is 0.120. The smallest absolute Gasteiger partial charge is 0.266 e. The van der Waals surface area contributed by atoms with Gasteiger partial charge in [-0.15, -0.1) is 0 Å². The molecule has 9 heteroatoms. The second kappa shape index (κ2) is 8.63. The number of nitrogens with two attached hydrogens (primary N) is 1. The summed E-state index contributed by atoms with van der Waals surface area (Å²) in [6.07, 6.45) is 3.33. The van der Waals surface area contributed by atoms with E-state index in [4.69, 9.17) is 15.8 Å². The van der Waals surface area contributed by atoms with Crippen LogP contribution in [0.3, 0.4) is 0 Å². The van der Waals surface area contributed by atoms with Crippen molar-refractivity contribution in [3.8, 4) is 16.9 Å². The maximum Gasteiger partial charge on any atom is 0.266 e. The molecule has 3 aromatic carbocycles. The number of nitrogens with zero attached hydrogens (tertiary/aromatic N) is 6. The van der Waals surface area contributed by atoms with Crippen LogP contribution < -0.4 is 11.3 Å². The predicted octanol–water partition coefficient (Wildman–Crippen LogP) is 4.92. The number of aromatic nitrogens is 7. The maximum atomic E-state index is 14.0. The number of benzene rings is 3. The summed E-state index contributed by atoms with van der Waals surface area (Å²) in [5.41, 5.74) is 12.7. The summed E-state index contributed by atoms with van der Waals surface area (Å²) in [5.74, 6) is 0.882. The summed E-state index contributed by atoms with van der Waals surface area (Å²) < 4.78 is 3.45. The van der Waals surface area contributed by atoms with Crippen LogP contribution >= 0.6 is 0 Å². The summed E-state index contributed by atoms with van der Waals surface area (Å²) >= 11 is 0. The Bertz CT molecular complexity index is 2120. The summed E-state index contributed by atoms with van der Waals surface area (Å²) in [6.45, 7) is 4.12. The fourth-order valence-corrected chi connectivity index (χ4v) is 5.37. The van der Waals surface area contributed by atoms with Crippen molar-refractivity contribution in [1.29, 1.82) is 0 Å². The van der Waals surface area contributed by atoms with E-state index in [0.717, 1.165) is 33.3 Å². The first-order chi connectivity index (χ1) is 19.0. The SMILES string of the molecule is Cc1ccccc1-n1c(Cn2nc(-c3cccc4[nH]ccc34)c3c(N)ncnc32)nc2cccc(C)c2c1=O. The molecule has 0 atom stereocenters. The molecular weight excluding hydrogens is 488 g/mol. The highest BCUT2D eigenvalue weighted by Crippen LogP contribution is 2.34. The number of aromatic amines is 1. The van der Waals surface area contributed by atoms with Crippen molar-refractivity contribution in [3.05, 3.63) is 107 Å². The molecule has 0 aliphatic heterocycles. The first kappa shape index (κ1) is 22.9. The third-order valence-corrected chi connectivity index (χ3v) is 7.23. The van der Waals surface area contributed by atoms with Gasteiger partial charge in [0.05, 0.1) is 22.0 Å². The Morgan fingerprint density at radius 2 is 1.72 bits per heavy atom. The minimum atomic E-state index is -0.120. The summed E-state index contributed by atoms with van der Waals surface area (Å²) in [4.78, 5) is 31.1. The molecule has 4 aromatic heterocycles. The second-order valence-electron chi connectivity index (χ2n) is 9.63. The van der Waals surface area contributed by atoms with Crippen LogP contribution in [-0.2, 0) is 6.54 Å². The van der Waals surface area contributed by atoms with Gasteiger partial charge in [-0.25, -0.2) is 19.6 Å². The average molecular weight is 513 g/mol. The van der Waals surface area contributed by atoms with E-state index in [0.29, 0.717) is 39.3 Å². The van der Waals surface area contributed by atoms with Gasteiger partial charge in [0, 0.05) is 22.7 Å². The number of hydrogen-bond donors (Lipinski definition) is 2. The Morgan fingerprint density at radius 1 is 0.897 bits per heavy atom. The lowest BCUT2D eigenvalue weighted by atomic mass is 10.1. The molecule has 7 rings (SSSR count). The maximum absolute atomic E-state index is 14.0. The molecular formula is C30H24N8O. The van der Waals surface area contributed by atoms with Crippen molar-refractivity contribution in [1.82, 2.24) is 34.3 Å². The van der Waals surface area contributed by atoms with Crippen LogP contribution in [-0.4, -0.2) is 34.3 Å². The van der Waals surface area contributed by atoms with Crippen LogP contribution in [0, 0.1) is 13.8 Å². The highest BCUT2D eigenvalue weighted by atomic mass is 16.1. The standard InChI is InChI=1S/C30H24N8O/c1-17-7-3-4-12-23(17)38-24(35-22-11-5-8-18(2)25(22)30(38)39)15-37-29-26(28(31)33-16-34-29)27(36-37)20-9-6-10-21-19(20)13-14-32-21/h3-14,16,32H,15H2,1-2H3,(H2,31,33,34). The molecule has 0 saturated heterocycles. The van der Waals surface area contributed by atoms with Gasteiger partial charge in [0.15, 0.2) is 5.65 Å². The number of nitrogens with one attached hydrogen (secondary N) is 1. The summed E-state index contributed by atoms with van der Waals surface area (Å²) in [7, 11) is 0. The molecule has 3 N–H and O–H groups in total. The van der Waals surface area contributed by atoms with Gasteiger partial charge in [-0.1, -0.05) is 42.5 Å². The molecule has 7 aromatic rings. The lowest BCUT2D eigenvalue weighted by molar-refractivity contribution is 0.651. The van der Waals surface area contributed by atoms with Crippen molar-refractivity contribution in [2.45, 2.75) is 20.4 Å². The average Bonchev–Trinajstić information content (AvgIpc) is 3.55. The van der Waals surface area contributed by atoms with Crippen molar-refractivity contribution < 1.29 is 0 Å². The van der Waals surface area contributed by atoms with Crippen LogP contribution in [0.15, 0.2) is 84.0 Å². The lowest BCUT2D eigenvalue weighted by Gasteiger charge is -2.16. The van der Waals surface area contributed by atoms with E-state index in [-0.39, 0.29) is 12.1 Å². The number of hydrogen-bond acceptors (Lipinski definition) is 6. The molecule has 0 bridgehead atoms. The Morgan fingerprint density at radius 3 is 2.59 bits per heavy atom. The number of nitrogen functional groups attached to an aromatic ring is 1. The van der Waals surface area contributed by atoms with Gasteiger partial charge in [-0.05, 0) is 49.2 Å². The molecule has 9 nitrogen and oxygen atoms in total. The Kier molecular flexibility index (Phi) is 5.06. The largest absolute Gasteiger partial charge is 0.383 e. The van der Waals surface area contributed by atoms with E-state index in [1.807, 2.05) is 86.8 Å².